The number of esters is 1. The molecule has 0 saturated heterocycles. The molecule has 0 fully saturated rings. The summed E-state index contributed by atoms with van der Waals surface area (Å²) < 4.78 is 5.16. The van der Waals surface area contributed by atoms with E-state index in [2.05, 4.69) is 6.92 Å². The van der Waals surface area contributed by atoms with Gasteiger partial charge in [0, 0.05) is 13.5 Å². The van der Waals surface area contributed by atoms with Crippen molar-refractivity contribution in [1.82, 2.24) is 4.90 Å². The number of nitrogens with two attached hydrogens (primary N) is 1. The van der Waals surface area contributed by atoms with Gasteiger partial charge in [-0.05, 0) is 6.42 Å². The number of nitrogens with one attached hydrogen (secondary N) is 1. The Hall–Kier alpha value is -1.26. The molecule has 0 atom stereocenters. The maximum atomic E-state index is 11.6. The van der Waals surface area contributed by atoms with Gasteiger partial charge in [0.15, 0.2) is 5.96 Å². The van der Waals surface area contributed by atoms with E-state index < -0.39 is 0 Å². The molecule has 0 aromatic heterocycles. The second-order valence-electron chi connectivity index (χ2n) is 8.43. The summed E-state index contributed by atoms with van der Waals surface area (Å²) in [5.74, 6) is -0.142. The normalized spacial score (nSPS) is 10.8. The van der Waals surface area contributed by atoms with Gasteiger partial charge in [-0.2, -0.15) is 0 Å². The van der Waals surface area contributed by atoms with Crippen LogP contribution in [0.1, 0.15) is 122 Å². The van der Waals surface area contributed by atoms with Crippen molar-refractivity contribution in [1.29, 1.82) is 5.41 Å². The Balaban J connectivity index is 3.18. The van der Waals surface area contributed by atoms with Gasteiger partial charge < -0.3 is 15.4 Å². The number of hydrogen-bond donors (Lipinski definition) is 2. The zero-order chi connectivity index (χ0) is 21.6. The van der Waals surface area contributed by atoms with E-state index in [9.17, 15) is 4.79 Å². The number of likely N-dealkylation sites (N-methyl/N-ethyl adjacent to an activating group) is 1. The number of unbranched alkanes of at least 4 members (excludes halogenated alkanes) is 16. The molecule has 0 spiro atoms. The molecule has 0 aliphatic heterocycles. The summed E-state index contributed by atoms with van der Waals surface area (Å²) in [6, 6.07) is 0. The third-order valence-corrected chi connectivity index (χ3v) is 5.59. The van der Waals surface area contributed by atoms with Crippen LogP contribution in [-0.4, -0.2) is 37.0 Å². The quantitative estimate of drug-likeness (QED) is 0.0991. The Morgan fingerprint density at radius 2 is 1.14 bits per heavy atom. The lowest BCUT2D eigenvalue weighted by Gasteiger charge is -2.16. The third kappa shape index (κ3) is 21.3. The summed E-state index contributed by atoms with van der Waals surface area (Å²) in [6.07, 6.45) is 23.3. The summed E-state index contributed by atoms with van der Waals surface area (Å²) >= 11 is 0. The monoisotopic (exact) mass is 411 g/mol. The first kappa shape index (κ1) is 27.7. The molecule has 29 heavy (non-hydrogen) atoms. The summed E-state index contributed by atoms with van der Waals surface area (Å²) in [5, 5.41) is 7.24. The first-order valence-corrected chi connectivity index (χ1v) is 12.3. The van der Waals surface area contributed by atoms with Crippen LogP contribution in [0.25, 0.3) is 0 Å². The average molecular weight is 412 g/mol. The molecule has 0 aliphatic rings. The van der Waals surface area contributed by atoms with Crippen molar-refractivity contribution < 1.29 is 9.53 Å². The Morgan fingerprint density at radius 1 is 0.759 bits per heavy atom. The smallest absolute Gasteiger partial charge is 0.305 e. The number of rotatable bonds is 21. The standard InChI is InChI=1S/C24H49N3O2/c1-3-4-5-6-7-8-9-10-11-12-13-14-15-16-17-18-19-20-23(28)29-22-21-27(2)24(25)26/h3-22H2,1-2H3,(H3,25,26). The number of hydrogen-bond acceptors (Lipinski definition) is 3. The number of guanidine groups is 1. The molecular weight excluding hydrogens is 362 g/mol. The molecule has 0 heterocycles. The molecule has 5 heteroatoms. The van der Waals surface area contributed by atoms with Crippen LogP contribution in [0.15, 0.2) is 0 Å². The summed E-state index contributed by atoms with van der Waals surface area (Å²) in [5.41, 5.74) is 5.33. The first-order chi connectivity index (χ1) is 14.1. The highest BCUT2D eigenvalue weighted by Gasteiger charge is 2.04. The van der Waals surface area contributed by atoms with E-state index >= 15 is 0 Å². The van der Waals surface area contributed by atoms with Crippen LogP contribution in [0.5, 0.6) is 0 Å². The predicted molar refractivity (Wildman–Crippen MR) is 124 cm³/mol. The summed E-state index contributed by atoms with van der Waals surface area (Å²) in [4.78, 5) is 13.2. The fraction of sp³-hybridized carbons (Fsp3) is 0.917. The molecule has 172 valence electrons. The third-order valence-electron chi connectivity index (χ3n) is 5.59. The van der Waals surface area contributed by atoms with Gasteiger partial charge in [0.05, 0.1) is 6.54 Å². The Bertz CT molecular complexity index is 388. The van der Waals surface area contributed by atoms with Gasteiger partial charge in [-0.3, -0.25) is 10.2 Å². The minimum absolute atomic E-state index is 0.00536. The lowest BCUT2D eigenvalue weighted by Crippen LogP contribution is -2.35. The maximum Gasteiger partial charge on any atom is 0.305 e. The van der Waals surface area contributed by atoms with E-state index in [1.807, 2.05) is 0 Å². The summed E-state index contributed by atoms with van der Waals surface area (Å²) in [7, 11) is 1.71. The lowest BCUT2D eigenvalue weighted by atomic mass is 10.0. The minimum atomic E-state index is -0.136. The van der Waals surface area contributed by atoms with Gasteiger partial charge in [-0.15, -0.1) is 0 Å². The molecule has 0 radical (unpaired) electrons. The van der Waals surface area contributed by atoms with Crippen molar-refractivity contribution in [2.75, 3.05) is 20.2 Å². The molecule has 0 aromatic carbocycles. The Morgan fingerprint density at radius 3 is 1.52 bits per heavy atom. The molecule has 5 nitrogen and oxygen atoms in total. The fourth-order valence-corrected chi connectivity index (χ4v) is 3.48. The van der Waals surface area contributed by atoms with E-state index in [4.69, 9.17) is 15.9 Å². The molecule has 0 bridgehead atoms. The topological polar surface area (TPSA) is 79.4 Å². The van der Waals surface area contributed by atoms with E-state index in [0.29, 0.717) is 19.6 Å². The molecular formula is C24H49N3O2. The number of carbonyl (C=O) groups is 1. The van der Waals surface area contributed by atoms with Gasteiger partial charge >= 0.3 is 5.97 Å². The second-order valence-corrected chi connectivity index (χ2v) is 8.43. The molecule has 0 unspecified atom stereocenters. The van der Waals surface area contributed by atoms with Crippen molar-refractivity contribution in [3.8, 4) is 0 Å². The van der Waals surface area contributed by atoms with Gasteiger partial charge in [0.2, 0.25) is 0 Å². The first-order valence-electron chi connectivity index (χ1n) is 12.3. The zero-order valence-corrected chi connectivity index (χ0v) is 19.5. The molecule has 0 saturated carbocycles. The van der Waals surface area contributed by atoms with Crippen LogP contribution in [0.3, 0.4) is 0 Å². The van der Waals surface area contributed by atoms with Crippen molar-refractivity contribution >= 4 is 11.9 Å². The van der Waals surface area contributed by atoms with Gasteiger partial charge in [-0.25, -0.2) is 0 Å². The van der Waals surface area contributed by atoms with Crippen molar-refractivity contribution in [3.63, 3.8) is 0 Å². The van der Waals surface area contributed by atoms with E-state index in [1.165, 1.54) is 96.3 Å². The molecule has 0 rings (SSSR count). The largest absolute Gasteiger partial charge is 0.464 e. The molecule has 0 amide bonds. The summed E-state index contributed by atoms with van der Waals surface area (Å²) in [6.45, 7) is 3.05. The van der Waals surface area contributed by atoms with Crippen molar-refractivity contribution in [3.05, 3.63) is 0 Å². The Kier molecular flexibility index (Phi) is 20.5. The molecule has 0 aromatic rings. The van der Waals surface area contributed by atoms with E-state index in [0.717, 1.165) is 12.8 Å². The number of carbonyl (C=O) groups excluding carboxylic acids is 1. The maximum absolute atomic E-state index is 11.6. The number of nitrogens with zero attached hydrogens (tertiary/aromatic N) is 1. The van der Waals surface area contributed by atoms with Gasteiger partial charge in [0.25, 0.3) is 0 Å². The van der Waals surface area contributed by atoms with Crippen LogP contribution < -0.4 is 5.73 Å². The van der Waals surface area contributed by atoms with Crippen LogP contribution >= 0.6 is 0 Å². The molecule has 3 N–H and O–H groups in total. The zero-order valence-electron chi connectivity index (χ0n) is 19.5. The van der Waals surface area contributed by atoms with Crippen molar-refractivity contribution in [2.24, 2.45) is 5.73 Å². The highest BCUT2D eigenvalue weighted by molar-refractivity contribution is 5.74. The molecule has 0 aliphatic carbocycles. The highest BCUT2D eigenvalue weighted by Crippen LogP contribution is 2.14. The fourth-order valence-electron chi connectivity index (χ4n) is 3.48. The lowest BCUT2D eigenvalue weighted by molar-refractivity contribution is -0.143. The van der Waals surface area contributed by atoms with Crippen molar-refractivity contribution in [2.45, 2.75) is 122 Å². The van der Waals surface area contributed by atoms with Gasteiger partial charge in [-0.1, -0.05) is 110 Å². The SMILES string of the molecule is CCCCCCCCCCCCCCCCCCCC(=O)OCCN(C)C(=N)N. The Labute approximate surface area is 180 Å². The van der Waals surface area contributed by atoms with Crippen LogP contribution in [0.2, 0.25) is 0 Å². The van der Waals surface area contributed by atoms with E-state index in [1.54, 1.807) is 11.9 Å². The van der Waals surface area contributed by atoms with Crippen LogP contribution in [0, 0.1) is 5.41 Å². The second kappa shape index (κ2) is 21.4. The van der Waals surface area contributed by atoms with Gasteiger partial charge in [0.1, 0.15) is 6.61 Å². The van der Waals surface area contributed by atoms with Crippen LogP contribution in [-0.2, 0) is 9.53 Å². The highest BCUT2D eigenvalue weighted by atomic mass is 16.5. The minimum Gasteiger partial charge on any atom is -0.464 e. The predicted octanol–water partition coefficient (Wildman–Crippen LogP) is 6.40. The van der Waals surface area contributed by atoms with Crippen LogP contribution in [0.4, 0.5) is 0 Å². The average Bonchev–Trinajstić information content (AvgIpc) is 2.70. The van der Waals surface area contributed by atoms with E-state index in [-0.39, 0.29) is 11.9 Å². The number of ether oxygens (including phenoxy) is 1.